The van der Waals surface area contributed by atoms with Crippen LogP contribution in [0.2, 0.25) is 0 Å². The van der Waals surface area contributed by atoms with E-state index in [-0.39, 0.29) is 28.5 Å². The molecule has 0 saturated carbocycles. The highest BCUT2D eigenvalue weighted by atomic mass is 16.5. The summed E-state index contributed by atoms with van der Waals surface area (Å²) >= 11 is 0. The lowest BCUT2D eigenvalue weighted by molar-refractivity contribution is -0.134. The summed E-state index contributed by atoms with van der Waals surface area (Å²) in [6, 6.07) is 1.62. The summed E-state index contributed by atoms with van der Waals surface area (Å²) in [4.78, 5) is 27.7. The molecule has 23 heavy (non-hydrogen) atoms. The fourth-order valence-electron chi connectivity index (χ4n) is 2.04. The third-order valence-electron chi connectivity index (χ3n) is 3.07. The molecule has 0 radical (unpaired) electrons. The average Bonchev–Trinajstić information content (AvgIpc) is 3.05. The number of aromatic nitrogens is 1. The minimum absolute atomic E-state index is 0.0460. The Hall–Kier alpha value is -3.03. The normalized spacial score (nSPS) is 11.2. The maximum absolute atomic E-state index is 12.1. The number of fused-ring (bicyclic) bond motifs is 1. The van der Waals surface area contributed by atoms with E-state index in [2.05, 4.69) is 9.72 Å². The molecule has 0 bridgehead atoms. The molecule has 2 rings (SSSR count). The van der Waals surface area contributed by atoms with Crippen molar-refractivity contribution in [1.82, 2.24) is 4.98 Å². The van der Waals surface area contributed by atoms with Gasteiger partial charge in [0.15, 0.2) is 5.69 Å². The third kappa shape index (κ3) is 2.96. The number of nitrogens with zero attached hydrogens (tertiary/aromatic N) is 1. The zero-order valence-electron chi connectivity index (χ0n) is 13.0. The number of hydrogen-bond acceptors (Lipinski definition) is 8. The maximum Gasteiger partial charge on any atom is 0.357 e. The number of carbonyl (C=O) groups excluding carboxylic acids is 2. The molecule has 0 atom stereocenters. The number of pyridine rings is 1. The van der Waals surface area contributed by atoms with Crippen LogP contribution in [0, 0.1) is 0 Å². The van der Waals surface area contributed by atoms with Crippen LogP contribution in [0.4, 0.5) is 0 Å². The maximum atomic E-state index is 12.1. The minimum Gasteiger partial charge on any atom is -0.496 e. The van der Waals surface area contributed by atoms with Crippen LogP contribution >= 0.6 is 0 Å². The van der Waals surface area contributed by atoms with Gasteiger partial charge in [0.2, 0.25) is 5.71 Å². The summed E-state index contributed by atoms with van der Waals surface area (Å²) in [5.74, 6) is -1.08. The van der Waals surface area contributed by atoms with Crippen molar-refractivity contribution in [3.63, 3.8) is 0 Å². The molecule has 2 aromatic heterocycles. The van der Waals surface area contributed by atoms with Gasteiger partial charge in [0.25, 0.3) is 0 Å². The quantitative estimate of drug-likeness (QED) is 0.467. The number of methoxy groups -OCH3 is 4. The van der Waals surface area contributed by atoms with Crippen LogP contribution < -0.4 is 4.74 Å². The first-order valence-electron chi connectivity index (χ1n) is 6.44. The Balaban J connectivity index is 2.83. The lowest BCUT2D eigenvalue weighted by atomic mass is 10.1. The molecule has 0 unspecified atom stereocenters. The fourth-order valence-corrected chi connectivity index (χ4v) is 2.04. The summed E-state index contributed by atoms with van der Waals surface area (Å²) in [7, 11) is 5.19. The molecule has 2 heterocycles. The summed E-state index contributed by atoms with van der Waals surface area (Å²) in [6.07, 6.45) is 2.49. The third-order valence-corrected chi connectivity index (χ3v) is 3.07. The van der Waals surface area contributed by atoms with E-state index < -0.39 is 11.9 Å². The van der Waals surface area contributed by atoms with Crippen LogP contribution in [0.25, 0.3) is 16.9 Å². The van der Waals surface area contributed by atoms with Crippen LogP contribution in [0.3, 0.4) is 0 Å². The predicted octanol–water partition coefficient (Wildman–Crippen LogP) is 1.78. The highest BCUT2D eigenvalue weighted by Crippen LogP contribution is 2.36. The van der Waals surface area contributed by atoms with Crippen molar-refractivity contribution in [2.75, 3.05) is 28.4 Å². The highest BCUT2D eigenvalue weighted by Gasteiger charge is 2.27. The van der Waals surface area contributed by atoms with Gasteiger partial charge >= 0.3 is 11.9 Å². The Morgan fingerprint density at radius 1 is 1.13 bits per heavy atom. The van der Waals surface area contributed by atoms with Crippen LogP contribution in [0.1, 0.15) is 16.1 Å². The lowest BCUT2D eigenvalue weighted by Crippen LogP contribution is -2.11. The number of carbonyl (C=O) groups is 2. The molecular formula is C15H15NO7. The van der Waals surface area contributed by atoms with Crippen LogP contribution in [-0.4, -0.2) is 45.4 Å². The fraction of sp³-hybridized carbons (Fsp3) is 0.267. The summed E-state index contributed by atoms with van der Waals surface area (Å²) in [5.41, 5.74) is 0.254. The topological polar surface area (TPSA) is 97.1 Å². The van der Waals surface area contributed by atoms with Crippen molar-refractivity contribution in [2.24, 2.45) is 0 Å². The van der Waals surface area contributed by atoms with E-state index in [0.717, 1.165) is 6.08 Å². The lowest BCUT2D eigenvalue weighted by Gasteiger charge is -2.14. The Kier molecular flexibility index (Phi) is 4.85. The van der Waals surface area contributed by atoms with Crippen molar-refractivity contribution in [1.29, 1.82) is 0 Å². The van der Waals surface area contributed by atoms with Gasteiger partial charge in [-0.15, -0.1) is 0 Å². The van der Waals surface area contributed by atoms with Crippen molar-refractivity contribution in [3.8, 4) is 5.75 Å². The number of rotatable bonds is 5. The molecule has 0 aliphatic rings. The molecule has 8 heteroatoms. The van der Waals surface area contributed by atoms with E-state index in [4.69, 9.17) is 18.6 Å². The van der Waals surface area contributed by atoms with Crippen molar-refractivity contribution in [2.45, 2.75) is 0 Å². The van der Waals surface area contributed by atoms with Gasteiger partial charge in [-0.2, -0.15) is 0 Å². The number of furan rings is 1. The molecule has 0 fully saturated rings. The second-order valence-corrected chi connectivity index (χ2v) is 4.24. The SMILES string of the molecule is COC(=O)/C=C(\OC)c1c(C(=O)OC)nc2occc2c1OC. The molecule has 0 N–H and O–H groups in total. The van der Waals surface area contributed by atoms with E-state index in [1.54, 1.807) is 6.07 Å². The second-order valence-electron chi connectivity index (χ2n) is 4.24. The van der Waals surface area contributed by atoms with Crippen LogP contribution in [0.5, 0.6) is 5.75 Å². The molecular weight excluding hydrogens is 306 g/mol. The highest BCUT2D eigenvalue weighted by molar-refractivity contribution is 6.02. The van der Waals surface area contributed by atoms with Gasteiger partial charge < -0.3 is 23.4 Å². The van der Waals surface area contributed by atoms with Gasteiger partial charge in [0, 0.05) is 0 Å². The first-order valence-corrected chi connectivity index (χ1v) is 6.44. The van der Waals surface area contributed by atoms with E-state index in [1.807, 2.05) is 0 Å². The molecule has 122 valence electrons. The van der Waals surface area contributed by atoms with Crippen molar-refractivity contribution in [3.05, 3.63) is 29.7 Å². The Morgan fingerprint density at radius 2 is 1.87 bits per heavy atom. The van der Waals surface area contributed by atoms with Crippen molar-refractivity contribution < 1.29 is 33.0 Å². The zero-order chi connectivity index (χ0) is 17.0. The summed E-state index contributed by atoms with van der Waals surface area (Å²) in [6.45, 7) is 0. The molecule has 2 aromatic rings. The first kappa shape index (κ1) is 16.3. The summed E-state index contributed by atoms with van der Waals surface area (Å²) in [5, 5.41) is 0.517. The van der Waals surface area contributed by atoms with Crippen LogP contribution in [-0.2, 0) is 19.0 Å². The van der Waals surface area contributed by atoms with E-state index in [0.29, 0.717) is 5.39 Å². The van der Waals surface area contributed by atoms with Gasteiger partial charge in [-0.25, -0.2) is 14.6 Å². The summed E-state index contributed by atoms with van der Waals surface area (Å²) < 4.78 is 25.1. The predicted molar refractivity (Wildman–Crippen MR) is 78.9 cm³/mol. The Bertz CT molecular complexity index is 775. The average molecular weight is 321 g/mol. The van der Waals surface area contributed by atoms with E-state index in [1.165, 1.54) is 34.7 Å². The standard InChI is InChI=1S/C15H15NO7/c1-19-9(7-10(17)20-2)11-12(15(18)22-4)16-14-8(5-6-23-14)13(11)21-3/h5-7H,1-4H3/b9-7-. The van der Waals surface area contributed by atoms with Gasteiger partial charge in [0.1, 0.15) is 11.5 Å². The second kappa shape index (κ2) is 6.82. The first-order chi connectivity index (χ1) is 11.1. The molecule has 0 amide bonds. The zero-order valence-corrected chi connectivity index (χ0v) is 13.0. The molecule has 0 aliphatic carbocycles. The molecule has 0 saturated heterocycles. The van der Waals surface area contributed by atoms with Gasteiger partial charge in [-0.05, 0) is 6.07 Å². The van der Waals surface area contributed by atoms with Gasteiger partial charge in [0.05, 0.1) is 51.7 Å². The smallest absolute Gasteiger partial charge is 0.357 e. The number of hydrogen-bond donors (Lipinski definition) is 0. The minimum atomic E-state index is -0.732. The van der Waals surface area contributed by atoms with E-state index >= 15 is 0 Å². The van der Waals surface area contributed by atoms with Crippen molar-refractivity contribution >= 4 is 28.8 Å². The largest absolute Gasteiger partial charge is 0.496 e. The molecule has 0 spiro atoms. The Labute approximate surface area is 131 Å². The molecule has 0 aromatic carbocycles. The Morgan fingerprint density at radius 3 is 2.43 bits per heavy atom. The van der Waals surface area contributed by atoms with Crippen LogP contribution in [0.15, 0.2) is 22.8 Å². The monoisotopic (exact) mass is 321 g/mol. The van der Waals surface area contributed by atoms with E-state index in [9.17, 15) is 9.59 Å². The molecule has 0 aliphatic heterocycles. The molecule has 8 nitrogen and oxygen atoms in total. The van der Waals surface area contributed by atoms with Gasteiger partial charge in [-0.3, -0.25) is 0 Å². The number of esters is 2. The van der Waals surface area contributed by atoms with Gasteiger partial charge in [-0.1, -0.05) is 0 Å². The number of ether oxygens (including phenoxy) is 4.